The summed E-state index contributed by atoms with van der Waals surface area (Å²) in [6.07, 6.45) is -0.525. The van der Waals surface area contributed by atoms with Gasteiger partial charge in [0.05, 0.1) is 0 Å². The van der Waals surface area contributed by atoms with Gasteiger partial charge in [-0.1, -0.05) is 36.4 Å². The number of nitrogens with one attached hydrogen (secondary N) is 3. The molecule has 0 heterocycles. The average molecular weight is 395 g/mol. The molecule has 148 valence electrons. The number of benzene rings is 4. The Labute approximate surface area is 175 Å². The van der Waals surface area contributed by atoms with Crippen LogP contribution in [0, 0.1) is 0 Å². The summed E-state index contributed by atoms with van der Waals surface area (Å²) >= 11 is 0. The predicted molar refractivity (Wildman–Crippen MR) is 122 cm³/mol. The van der Waals surface area contributed by atoms with Crippen molar-refractivity contribution in [3.05, 3.63) is 109 Å². The highest BCUT2D eigenvalue weighted by molar-refractivity contribution is 5.86. The van der Waals surface area contributed by atoms with Gasteiger partial charge in [0.15, 0.2) is 0 Å². The Morgan fingerprint density at radius 2 is 0.900 bits per heavy atom. The second kappa shape index (κ2) is 9.30. The quantitative estimate of drug-likeness (QED) is 0.336. The van der Waals surface area contributed by atoms with Gasteiger partial charge in [-0.05, 0) is 72.8 Å². The molecule has 4 aromatic rings. The monoisotopic (exact) mass is 395 g/mol. The van der Waals surface area contributed by atoms with Crippen LogP contribution in [-0.4, -0.2) is 6.09 Å². The maximum atomic E-state index is 12.0. The van der Waals surface area contributed by atoms with E-state index in [2.05, 4.69) is 16.0 Å². The van der Waals surface area contributed by atoms with E-state index < -0.39 is 6.09 Å². The molecule has 4 aromatic carbocycles. The highest BCUT2D eigenvalue weighted by Gasteiger charge is 2.05. The van der Waals surface area contributed by atoms with Crippen molar-refractivity contribution in [3.63, 3.8) is 0 Å². The minimum absolute atomic E-state index is 0.499. The van der Waals surface area contributed by atoms with Crippen LogP contribution in [0.15, 0.2) is 109 Å². The Morgan fingerprint density at radius 1 is 0.500 bits per heavy atom. The lowest BCUT2D eigenvalue weighted by Gasteiger charge is -2.10. The van der Waals surface area contributed by atoms with Gasteiger partial charge in [-0.3, -0.25) is 5.32 Å². The van der Waals surface area contributed by atoms with E-state index in [0.717, 1.165) is 22.7 Å². The van der Waals surface area contributed by atoms with Crippen LogP contribution in [-0.2, 0) is 0 Å². The Hall–Kier alpha value is -4.25. The van der Waals surface area contributed by atoms with E-state index in [4.69, 9.17) is 4.74 Å². The molecule has 0 fully saturated rings. The first-order valence-corrected chi connectivity index (χ1v) is 9.58. The van der Waals surface area contributed by atoms with Gasteiger partial charge in [-0.15, -0.1) is 0 Å². The number of hydrogen-bond donors (Lipinski definition) is 3. The number of ether oxygens (including phenoxy) is 1. The summed E-state index contributed by atoms with van der Waals surface area (Å²) in [5, 5.41) is 9.42. The van der Waals surface area contributed by atoms with Gasteiger partial charge < -0.3 is 15.4 Å². The average Bonchev–Trinajstić information content (AvgIpc) is 2.78. The minimum atomic E-state index is -0.525. The molecule has 0 bridgehead atoms. The second-order valence-electron chi connectivity index (χ2n) is 6.60. The molecule has 0 aliphatic heterocycles. The molecule has 4 rings (SSSR count). The van der Waals surface area contributed by atoms with E-state index >= 15 is 0 Å². The fourth-order valence-electron chi connectivity index (χ4n) is 2.87. The van der Waals surface area contributed by atoms with Crippen molar-refractivity contribution < 1.29 is 9.53 Å². The largest absolute Gasteiger partial charge is 0.417 e. The van der Waals surface area contributed by atoms with Gasteiger partial charge in [-0.2, -0.15) is 0 Å². The molecule has 0 radical (unpaired) electrons. The van der Waals surface area contributed by atoms with Crippen LogP contribution < -0.4 is 20.7 Å². The lowest BCUT2D eigenvalue weighted by atomic mass is 10.2. The number of hydrogen-bond acceptors (Lipinski definition) is 4. The van der Waals surface area contributed by atoms with E-state index in [9.17, 15) is 4.79 Å². The highest BCUT2D eigenvalue weighted by Crippen LogP contribution is 2.22. The van der Waals surface area contributed by atoms with Crippen molar-refractivity contribution >= 4 is 34.5 Å². The molecule has 0 spiro atoms. The molecule has 5 nitrogen and oxygen atoms in total. The van der Waals surface area contributed by atoms with Crippen LogP contribution in [0.4, 0.5) is 33.2 Å². The molecule has 0 saturated carbocycles. The van der Waals surface area contributed by atoms with Crippen molar-refractivity contribution in [2.75, 3.05) is 16.0 Å². The van der Waals surface area contributed by atoms with E-state index in [1.165, 1.54) is 0 Å². The normalized spacial score (nSPS) is 10.1. The summed E-state index contributed by atoms with van der Waals surface area (Å²) < 4.78 is 5.23. The number of para-hydroxylation sites is 2. The van der Waals surface area contributed by atoms with Crippen LogP contribution in [0.2, 0.25) is 0 Å². The second-order valence-corrected chi connectivity index (χ2v) is 6.60. The van der Waals surface area contributed by atoms with Crippen LogP contribution in [0.3, 0.4) is 0 Å². The summed E-state index contributed by atoms with van der Waals surface area (Å²) in [5.74, 6) is 0.499. The van der Waals surface area contributed by atoms with Gasteiger partial charge in [0.25, 0.3) is 0 Å². The number of carbonyl (C=O) groups excluding carboxylic acids is 1. The third-order valence-electron chi connectivity index (χ3n) is 4.32. The predicted octanol–water partition coefficient (Wildman–Crippen LogP) is 6.78. The molecule has 3 N–H and O–H groups in total. The van der Waals surface area contributed by atoms with Gasteiger partial charge in [0.1, 0.15) is 5.75 Å². The fourth-order valence-corrected chi connectivity index (χ4v) is 2.87. The smallest absolute Gasteiger partial charge is 0.410 e. The summed E-state index contributed by atoms with van der Waals surface area (Å²) in [5.41, 5.74) is 4.61. The van der Waals surface area contributed by atoms with Crippen molar-refractivity contribution in [1.29, 1.82) is 0 Å². The maximum absolute atomic E-state index is 12.0. The Morgan fingerprint density at radius 3 is 1.40 bits per heavy atom. The molecule has 30 heavy (non-hydrogen) atoms. The zero-order valence-electron chi connectivity index (χ0n) is 16.2. The summed E-state index contributed by atoms with van der Waals surface area (Å²) in [6, 6.07) is 34.5. The van der Waals surface area contributed by atoms with Gasteiger partial charge >= 0.3 is 6.09 Å². The first kappa shape index (κ1) is 19.1. The number of carbonyl (C=O) groups is 1. The first-order valence-electron chi connectivity index (χ1n) is 9.58. The molecule has 0 unspecified atom stereocenters. The van der Waals surface area contributed by atoms with Gasteiger partial charge in [0, 0.05) is 28.4 Å². The molecule has 1 amide bonds. The summed E-state index contributed by atoms with van der Waals surface area (Å²) in [7, 11) is 0. The lowest BCUT2D eigenvalue weighted by Crippen LogP contribution is -2.16. The maximum Gasteiger partial charge on any atom is 0.417 e. The zero-order chi connectivity index (χ0) is 20.6. The van der Waals surface area contributed by atoms with Crippen molar-refractivity contribution in [1.82, 2.24) is 0 Å². The minimum Gasteiger partial charge on any atom is -0.410 e. The number of rotatable bonds is 6. The molecule has 5 heteroatoms. The molecule has 0 aliphatic carbocycles. The molecular weight excluding hydrogens is 374 g/mol. The van der Waals surface area contributed by atoms with Crippen LogP contribution in [0.25, 0.3) is 0 Å². The Bertz CT molecular complexity index is 1080. The van der Waals surface area contributed by atoms with Gasteiger partial charge in [-0.25, -0.2) is 4.79 Å². The molecule has 0 aliphatic rings. The van der Waals surface area contributed by atoms with Crippen LogP contribution in [0.1, 0.15) is 0 Å². The van der Waals surface area contributed by atoms with Crippen LogP contribution >= 0.6 is 0 Å². The first-order chi connectivity index (χ1) is 14.7. The third kappa shape index (κ3) is 5.39. The van der Waals surface area contributed by atoms with E-state index in [1.807, 2.05) is 97.1 Å². The lowest BCUT2D eigenvalue weighted by molar-refractivity contribution is 0.215. The topological polar surface area (TPSA) is 62.4 Å². The van der Waals surface area contributed by atoms with E-state index in [1.54, 1.807) is 12.1 Å². The van der Waals surface area contributed by atoms with E-state index in [-0.39, 0.29) is 0 Å². The molecular formula is C25H21N3O2. The number of anilines is 5. The van der Waals surface area contributed by atoms with Crippen molar-refractivity contribution in [3.8, 4) is 5.75 Å². The zero-order valence-corrected chi connectivity index (χ0v) is 16.2. The fraction of sp³-hybridized carbons (Fsp3) is 0. The van der Waals surface area contributed by atoms with Gasteiger partial charge in [0.2, 0.25) is 0 Å². The third-order valence-corrected chi connectivity index (χ3v) is 4.32. The summed E-state index contributed by atoms with van der Waals surface area (Å²) in [6.45, 7) is 0. The molecule has 0 aromatic heterocycles. The van der Waals surface area contributed by atoms with Crippen molar-refractivity contribution in [2.45, 2.75) is 0 Å². The number of amides is 1. The highest BCUT2D eigenvalue weighted by atomic mass is 16.6. The summed E-state index contributed by atoms with van der Waals surface area (Å²) in [4.78, 5) is 12.0. The van der Waals surface area contributed by atoms with E-state index in [0.29, 0.717) is 11.4 Å². The standard InChI is InChI=1S/C25H21N3O2/c29-25(30-24-9-5-2-6-10-24)28-23-17-15-22(16-18-23)27-21-13-11-20(12-14-21)26-19-7-3-1-4-8-19/h1-18,26-27H,(H,28,29). The molecule has 0 atom stereocenters. The Balaban J connectivity index is 1.31. The van der Waals surface area contributed by atoms with Crippen molar-refractivity contribution in [2.24, 2.45) is 0 Å². The Kier molecular flexibility index (Phi) is 5.91. The molecule has 0 saturated heterocycles. The SMILES string of the molecule is O=C(Nc1ccc(Nc2ccc(Nc3ccccc3)cc2)cc1)Oc1ccccc1. The van der Waals surface area contributed by atoms with Crippen LogP contribution in [0.5, 0.6) is 5.75 Å².